The second-order valence-corrected chi connectivity index (χ2v) is 4.28. The van der Waals surface area contributed by atoms with Crippen molar-refractivity contribution < 1.29 is 34.5 Å². The van der Waals surface area contributed by atoms with Crippen LogP contribution in [0, 0.1) is 10.8 Å². The number of hydrogen-bond donors (Lipinski definition) is 0. The number of nitrogens with zero attached hydrogens (tertiary/aromatic N) is 4. The van der Waals surface area contributed by atoms with Crippen LogP contribution < -0.4 is 0 Å². The monoisotopic (exact) mass is 382 g/mol. The van der Waals surface area contributed by atoms with Gasteiger partial charge in [0.2, 0.25) is 10.8 Å². The quantitative estimate of drug-likeness (QED) is 0.305. The predicted molar refractivity (Wildman–Crippen MR) is 81.7 cm³/mol. The summed E-state index contributed by atoms with van der Waals surface area (Å²) in [6, 6.07) is 14.3. The first-order chi connectivity index (χ1) is 11.8. The average molecular weight is 382 g/mol. The Balaban J connectivity index is 0.000000520. The minimum Gasteiger partial charge on any atom is -0.418 e. The van der Waals surface area contributed by atoms with Gasteiger partial charge in [-0.05, 0) is 35.4 Å². The van der Waals surface area contributed by atoms with Crippen LogP contribution in [-0.4, -0.2) is 14.5 Å². The molecule has 0 saturated heterocycles. The third kappa shape index (κ3) is 13.3. The Hall–Kier alpha value is -3.15. The van der Waals surface area contributed by atoms with Gasteiger partial charge in [0.25, 0.3) is 0 Å². The van der Waals surface area contributed by atoms with Gasteiger partial charge < -0.3 is 34.5 Å². The molecule has 0 N–H and O–H groups in total. The van der Waals surface area contributed by atoms with Gasteiger partial charge >= 0.3 is 25.9 Å². The van der Waals surface area contributed by atoms with Crippen LogP contribution >= 0.6 is 0 Å². The highest BCUT2D eigenvalue weighted by Crippen LogP contribution is 2.24. The Bertz CT molecular complexity index is 681. The van der Waals surface area contributed by atoms with Gasteiger partial charge in [0.1, 0.15) is 0 Å². The third-order valence-corrected chi connectivity index (χ3v) is 2.30. The van der Waals surface area contributed by atoms with Crippen molar-refractivity contribution in [1.82, 2.24) is 0 Å². The number of benzene rings is 2. The zero-order chi connectivity index (χ0) is 20.4. The molecule has 0 unspecified atom stereocenters. The highest BCUT2D eigenvalue weighted by atomic mass is 19.5. The van der Waals surface area contributed by atoms with Gasteiger partial charge in [-0.2, -0.15) is 0 Å². The molecule has 26 heavy (non-hydrogen) atoms. The van der Waals surface area contributed by atoms with Gasteiger partial charge in [-0.25, -0.2) is 0 Å². The molecule has 0 aliphatic rings. The van der Waals surface area contributed by atoms with Crippen LogP contribution in [0.1, 0.15) is 0 Å². The van der Waals surface area contributed by atoms with Crippen LogP contribution in [-0.2, 0) is 0 Å². The summed E-state index contributed by atoms with van der Waals surface area (Å²) in [5.74, 6) is 0. The van der Waals surface area contributed by atoms with E-state index in [4.69, 9.17) is 10.8 Å². The van der Waals surface area contributed by atoms with Crippen molar-refractivity contribution in [2.45, 2.75) is 0 Å². The standard InChI is InChI=1S/C12H8N4.2BF4/c13-15-11-5-1-9(2-6-11)10-3-7-12(16-14)8-4-10;2*2-1(3,4)5/h1-8H;;/q+2;2*-1. The van der Waals surface area contributed by atoms with Crippen LogP contribution in [0.2, 0.25) is 0 Å². The van der Waals surface area contributed by atoms with Gasteiger partial charge in [-0.15, -0.1) is 0 Å². The molecule has 0 saturated carbocycles. The van der Waals surface area contributed by atoms with Crippen molar-refractivity contribution in [1.29, 1.82) is 10.8 Å². The molecule has 0 spiro atoms. The maximum absolute atomic E-state index is 9.75. The first-order valence-electron chi connectivity index (χ1n) is 6.49. The number of diazo groups is 2. The largest absolute Gasteiger partial charge is 0.673 e. The van der Waals surface area contributed by atoms with E-state index in [1.165, 1.54) is 0 Å². The number of hydrogen-bond acceptors (Lipinski definition) is 2. The lowest BCUT2D eigenvalue weighted by molar-refractivity contribution is 0.366. The summed E-state index contributed by atoms with van der Waals surface area (Å²) in [7, 11) is -12.0. The first-order valence-corrected chi connectivity index (χ1v) is 6.49. The van der Waals surface area contributed by atoms with Crippen molar-refractivity contribution in [3.05, 3.63) is 58.5 Å². The van der Waals surface area contributed by atoms with Gasteiger partial charge in [0.15, 0.2) is 9.95 Å². The molecule has 0 bridgehead atoms. The van der Waals surface area contributed by atoms with Gasteiger partial charge in [0.05, 0.1) is 0 Å². The van der Waals surface area contributed by atoms with Crippen LogP contribution in [0.4, 0.5) is 45.9 Å². The summed E-state index contributed by atoms with van der Waals surface area (Å²) in [4.78, 5) is 6.17. The lowest BCUT2D eigenvalue weighted by Crippen LogP contribution is -2.02. The zero-order valence-electron chi connectivity index (χ0n) is 12.6. The molecule has 0 atom stereocenters. The van der Waals surface area contributed by atoms with E-state index in [0.717, 1.165) is 11.1 Å². The van der Waals surface area contributed by atoms with Crippen molar-refractivity contribution in [3.63, 3.8) is 0 Å². The highest BCUT2D eigenvalue weighted by Gasteiger charge is 2.21. The van der Waals surface area contributed by atoms with Gasteiger partial charge in [-0.1, -0.05) is 0 Å². The normalized spacial score (nSPS) is 10.2. The maximum atomic E-state index is 9.75. The van der Waals surface area contributed by atoms with E-state index in [0.29, 0.717) is 11.4 Å². The second kappa shape index (κ2) is 9.98. The summed E-state index contributed by atoms with van der Waals surface area (Å²) in [5.41, 5.74) is 3.06. The van der Waals surface area contributed by atoms with Crippen LogP contribution in [0.15, 0.2) is 48.5 Å². The number of rotatable bonds is 1. The van der Waals surface area contributed by atoms with Crippen molar-refractivity contribution >= 4 is 25.9 Å². The lowest BCUT2D eigenvalue weighted by atomic mass is 10.1. The molecule has 0 radical (unpaired) electrons. The van der Waals surface area contributed by atoms with E-state index in [-0.39, 0.29) is 0 Å². The van der Waals surface area contributed by atoms with E-state index in [1.54, 1.807) is 24.3 Å². The molecular weight excluding hydrogens is 374 g/mol. The smallest absolute Gasteiger partial charge is 0.418 e. The molecule has 0 aliphatic carbocycles. The highest BCUT2D eigenvalue weighted by molar-refractivity contribution is 6.50. The minimum absolute atomic E-state index is 0.519. The summed E-state index contributed by atoms with van der Waals surface area (Å²) in [5, 5.41) is 17.1. The summed E-state index contributed by atoms with van der Waals surface area (Å²) in [6.07, 6.45) is 0. The Morgan fingerprint density at radius 1 is 0.500 bits per heavy atom. The third-order valence-electron chi connectivity index (χ3n) is 2.30. The minimum atomic E-state index is -6.00. The maximum Gasteiger partial charge on any atom is 0.673 e. The van der Waals surface area contributed by atoms with E-state index in [1.807, 2.05) is 24.3 Å². The number of halogens is 8. The van der Waals surface area contributed by atoms with Crippen LogP contribution in [0.25, 0.3) is 21.1 Å². The summed E-state index contributed by atoms with van der Waals surface area (Å²) < 4.78 is 78.0. The molecule has 0 heterocycles. The van der Waals surface area contributed by atoms with E-state index < -0.39 is 14.5 Å². The fourth-order valence-corrected chi connectivity index (χ4v) is 1.44. The fraction of sp³-hybridized carbons (Fsp3) is 0. The van der Waals surface area contributed by atoms with Crippen LogP contribution in [0.3, 0.4) is 0 Å². The molecule has 14 heteroatoms. The second-order valence-electron chi connectivity index (χ2n) is 4.28. The van der Waals surface area contributed by atoms with Gasteiger partial charge in [-0.3, -0.25) is 0 Å². The van der Waals surface area contributed by atoms with Crippen molar-refractivity contribution in [2.75, 3.05) is 0 Å². The summed E-state index contributed by atoms with van der Waals surface area (Å²) in [6.45, 7) is 0. The molecule has 4 nitrogen and oxygen atoms in total. The molecular formula is C12H8B2F8N4. The SMILES string of the molecule is F[B-](F)(F)F.F[B-](F)(F)F.N#[N+]c1ccc(-c2ccc([N+]#N)cc2)cc1. The molecule has 0 aliphatic heterocycles. The Kier molecular flexibility index (Phi) is 8.77. The summed E-state index contributed by atoms with van der Waals surface area (Å²) >= 11 is 0. The van der Waals surface area contributed by atoms with E-state index in [2.05, 4.69) is 9.95 Å². The van der Waals surface area contributed by atoms with Crippen molar-refractivity contribution in [3.8, 4) is 11.1 Å². The molecule has 2 aromatic carbocycles. The van der Waals surface area contributed by atoms with Crippen molar-refractivity contribution in [2.24, 2.45) is 0 Å². The Labute approximate surface area is 141 Å². The Morgan fingerprint density at radius 2 is 0.692 bits per heavy atom. The molecule has 2 aromatic rings. The molecule has 0 aromatic heterocycles. The van der Waals surface area contributed by atoms with Crippen LogP contribution in [0.5, 0.6) is 0 Å². The van der Waals surface area contributed by atoms with E-state index >= 15 is 0 Å². The zero-order valence-corrected chi connectivity index (χ0v) is 12.6. The molecule has 2 rings (SSSR count). The molecule has 0 amide bonds. The molecule has 138 valence electrons. The fourth-order valence-electron chi connectivity index (χ4n) is 1.44. The van der Waals surface area contributed by atoms with Gasteiger partial charge in [0, 0.05) is 24.3 Å². The Morgan fingerprint density at radius 3 is 0.846 bits per heavy atom. The lowest BCUT2D eigenvalue weighted by Gasteiger charge is -1.97. The van der Waals surface area contributed by atoms with E-state index in [9.17, 15) is 34.5 Å². The molecule has 0 fully saturated rings. The topological polar surface area (TPSA) is 56.3 Å². The first kappa shape index (κ1) is 22.8. The average Bonchev–Trinajstić information content (AvgIpc) is 2.52. The predicted octanol–water partition coefficient (Wildman–Crippen LogP) is 6.92.